The summed E-state index contributed by atoms with van der Waals surface area (Å²) in [5, 5.41) is 3.28. The molecule has 0 aliphatic rings. The first-order valence-corrected chi connectivity index (χ1v) is 5.07. The van der Waals surface area contributed by atoms with Crippen molar-refractivity contribution in [3.05, 3.63) is 23.9 Å². The third-order valence-corrected chi connectivity index (χ3v) is 1.84. The lowest BCUT2D eigenvalue weighted by Crippen LogP contribution is -2.12. The second-order valence-corrected chi connectivity index (χ2v) is 3.68. The molecule has 1 N–H and O–H groups in total. The fraction of sp³-hybridized carbons (Fsp3) is 0.545. The molecule has 0 fully saturated rings. The summed E-state index contributed by atoms with van der Waals surface area (Å²) in [7, 11) is 4.10. The fourth-order valence-corrected chi connectivity index (χ4v) is 1.24. The van der Waals surface area contributed by atoms with E-state index in [1.807, 2.05) is 26.2 Å². The summed E-state index contributed by atoms with van der Waals surface area (Å²) in [6, 6.07) is 6.11. The monoisotopic (exact) mass is 193 g/mol. The summed E-state index contributed by atoms with van der Waals surface area (Å²) in [4.78, 5) is 6.61. The molecule has 0 saturated heterocycles. The first-order chi connectivity index (χ1) is 6.72. The van der Waals surface area contributed by atoms with Crippen molar-refractivity contribution in [1.82, 2.24) is 9.88 Å². The molecule has 0 spiro atoms. The van der Waals surface area contributed by atoms with Gasteiger partial charge in [-0.3, -0.25) is 0 Å². The highest BCUT2D eigenvalue weighted by Crippen LogP contribution is 2.05. The molecule has 0 aliphatic heterocycles. The minimum atomic E-state index is 0.891. The number of hydrogen-bond donors (Lipinski definition) is 1. The van der Waals surface area contributed by atoms with E-state index in [2.05, 4.69) is 28.2 Å². The number of pyridine rings is 1. The Morgan fingerprint density at radius 2 is 2.14 bits per heavy atom. The largest absolute Gasteiger partial charge is 0.370 e. The fourth-order valence-electron chi connectivity index (χ4n) is 1.24. The second kappa shape index (κ2) is 5.60. The summed E-state index contributed by atoms with van der Waals surface area (Å²) in [6.07, 6.45) is 1.12. The molecule has 1 aromatic rings. The predicted molar refractivity (Wildman–Crippen MR) is 60.4 cm³/mol. The number of hydrogen-bond acceptors (Lipinski definition) is 3. The maximum absolute atomic E-state index is 4.50. The maximum atomic E-state index is 4.50. The van der Waals surface area contributed by atoms with Crippen LogP contribution in [0.2, 0.25) is 0 Å². The van der Waals surface area contributed by atoms with Crippen LogP contribution < -0.4 is 5.32 Å². The number of anilines is 1. The summed E-state index contributed by atoms with van der Waals surface area (Å²) < 4.78 is 0. The highest BCUT2D eigenvalue weighted by Gasteiger charge is 1.98. The van der Waals surface area contributed by atoms with Crippen LogP contribution in [0.15, 0.2) is 18.2 Å². The lowest BCUT2D eigenvalue weighted by molar-refractivity contribution is 0.397. The average molecular weight is 193 g/mol. The Kier molecular flexibility index (Phi) is 4.40. The van der Waals surface area contributed by atoms with Gasteiger partial charge in [-0.1, -0.05) is 13.0 Å². The summed E-state index contributed by atoms with van der Waals surface area (Å²) >= 11 is 0. The van der Waals surface area contributed by atoms with Gasteiger partial charge in [0, 0.05) is 13.1 Å². The molecule has 0 radical (unpaired) electrons. The van der Waals surface area contributed by atoms with Gasteiger partial charge in [0.25, 0.3) is 0 Å². The summed E-state index contributed by atoms with van der Waals surface area (Å²) in [6.45, 7) is 4.02. The van der Waals surface area contributed by atoms with E-state index in [4.69, 9.17) is 0 Å². The lowest BCUT2D eigenvalue weighted by Gasteiger charge is -2.10. The molecule has 78 valence electrons. The molecule has 14 heavy (non-hydrogen) atoms. The SMILES string of the molecule is CCCNc1cccc(CN(C)C)n1. The number of nitrogens with zero attached hydrogens (tertiary/aromatic N) is 2. The minimum Gasteiger partial charge on any atom is -0.370 e. The zero-order valence-electron chi connectivity index (χ0n) is 9.25. The Morgan fingerprint density at radius 3 is 2.79 bits per heavy atom. The molecule has 1 rings (SSSR count). The molecule has 0 bridgehead atoms. The van der Waals surface area contributed by atoms with E-state index in [-0.39, 0.29) is 0 Å². The minimum absolute atomic E-state index is 0.891. The first kappa shape index (κ1) is 11.0. The Balaban J connectivity index is 2.59. The van der Waals surface area contributed by atoms with Crippen molar-refractivity contribution in [2.45, 2.75) is 19.9 Å². The zero-order valence-corrected chi connectivity index (χ0v) is 9.25. The first-order valence-electron chi connectivity index (χ1n) is 5.07. The smallest absolute Gasteiger partial charge is 0.126 e. The van der Waals surface area contributed by atoms with Crippen LogP contribution in [0.25, 0.3) is 0 Å². The number of rotatable bonds is 5. The Bertz CT molecular complexity index is 271. The summed E-state index contributed by atoms with van der Waals surface area (Å²) in [5.74, 6) is 0.978. The highest BCUT2D eigenvalue weighted by molar-refractivity contribution is 5.35. The molecule has 0 aliphatic carbocycles. The zero-order chi connectivity index (χ0) is 10.4. The molecular weight excluding hydrogens is 174 g/mol. The molecule has 0 unspecified atom stereocenters. The lowest BCUT2D eigenvalue weighted by atomic mass is 10.3. The van der Waals surface area contributed by atoms with Crippen LogP contribution in [0, 0.1) is 0 Å². The standard InChI is InChI=1S/C11H19N3/c1-4-8-12-11-7-5-6-10(13-11)9-14(2)3/h5-7H,4,8-9H2,1-3H3,(H,12,13). The third-order valence-electron chi connectivity index (χ3n) is 1.84. The second-order valence-electron chi connectivity index (χ2n) is 3.68. The van der Waals surface area contributed by atoms with E-state index in [0.29, 0.717) is 0 Å². The molecule has 0 atom stereocenters. The van der Waals surface area contributed by atoms with Crippen LogP contribution in [0.5, 0.6) is 0 Å². The van der Waals surface area contributed by atoms with Crippen LogP contribution >= 0.6 is 0 Å². The van der Waals surface area contributed by atoms with Gasteiger partial charge < -0.3 is 10.2 Å². The van der Waals surface area contributed by atoms with Crippen molar-refractivity contribution < 1.29 is 0 Å². The highest BCUT2D eigenvalue weighted by atomic mass is 15.1. The van der Waals surface area contributed by atoms with Crippen molar-refractivity contribution in [3.8, 4) is 0 Å². The quantitative estimate of drug-likeness (QED) is 0.775. The van der Waals surface area contributed by atoms with Gasteiger partial charge in [-0.15, -0.1) is 0 Å². The van der Waals surface area contributed by atoms with Crippen LogP contribution in [-0.4, -0.2) is 30.5 Å². The molecule has 1 heterocycles. The number of aromatic nitrogens is 1. The Hall–Kier alpha value is -1.09. The van der Waals surface area contributed by atoms with Gasteiger partial charge in [-0.25, -0.2) is 4.98 Å². The van der Waals surface area contributed by atoms with Crippen LogP contribution in [-0.2, 0) is 6.54 Å². The van der Waals surface area contributed by atoms with E-state index in [1.165, 1.54) is 0 Å². The van der Waals surface area contributed by atoms with Gasteiger partial charge in [0.05, 0.1) is 5.69 Å². The van der Waals surface area contributed by atoms with Gasteiger partial charge in [-0.2, -0.15) is 0 Å². The van der Waals surface area contributed by atoms with E-state index in [1.54, 1.807) is 0 Å². The third kappa shape index (κ3) is 3.75. The van der Waals surface area contributed by atoms with E-state index >= 15 is 0 Å². The van der Waals surface area contributed by atoms with Gasteiger partial charge in [0.15, 0.2) is 0 Å². The van der Waals surface area contributed by atoms with Gasteiger partial charge in [0.1, 0.15) is 5.82 Å². The molecule has 0 amide bonds. The van der Waals surface area contributed by atoms with Crippen molar-refractivity contribution >= 4 is 5.82 Å². The Morgan fingerprint density at radius 1 is 1.36 bits per heavy atom. The van der Waals surface area contributed by atoms with Crippen LogP contribution in [0.3, 0.4) is 0 Å². The maximum Gasteiger partial charge on any atom is 0.126 e. The van der Waals surface area contributed by atoms with Crippen molar-refractivity contribution in [1.29, 1.82) is 0 Å². The van der Waals surface area contributed by atoms with Crippen molar-refractivity contribution in [2.75, 3.05) is 26.0 Å². The van der Waals surface area contributed by atoms with Crippen LogP contribution in [0.4, 0.5) is 5.82 Å². The van der Waals surface area contributed by atoms with Gasteiger partial charge in [0.2, 0.25) is 0 Å². The van der Waals surface area contributed by atoms with E-state index < -0.39 is 0 Å². The van der Waals surface area contributed by atoms with E-state index in [0.717, 1.165) is 31.0 Å². The van der Waals surface area contributed by atoms with Crippen molar-refractivity contribution in [3.63, 3.8) is 0 Å². The molecule has 0 saturated carbocycles. The normalized spacial score (nSPS) is 10.6. The number of nitrogens with one attached hydrogen (secondary N) is 1. The molecule has 3 nitrogen and oxygen atoms in total. The average Bonchev–Trinajstić information content (AvgIpc) is 2.14. The van der Waals surface area contributed by atoms with Gasteiger partial charge >= 0.3 is 0 Å². The van der Waals surface area contributed by atoms with Crippen molar-refractivity contribution in [2.24, 2.45) is 0 Å². The molecule has 3 heteroatoms. The Labute approximate surface area is 86.2 Å². The molecule has 0 aromatic carbocycles. The molecule has 1 aromatic heterocycles. The van der Waals surface area contributed by atoms with E-state index in [9.17, 15) is 0 Å². The predicted octanol–water partition coefficient (Wildman–Crippen LogP) is 1.97. The van der Waals surface area contributed by atoms with Crippen LogP contribution in [0.1, 0.15) is 19.0 Å². The molecular formula is C11H19N3. The summed E-state index contributed by atoms with van der Waals surface area (Å²) in [5.41, 5.74) is 1.11. The van der Waals surface area contributed by atoms with Gasteiger partial charge in [-0.05, 0) is 32.6 Å². The topological polar surface area (TPSA) is 28.2 Å².